The number of esters is 1. The van der Waals surface area contributed by atoms with Gasteiger partial charge in [-0.15, -0.1) is 0 Å². The molecule has 9 fully saturated rings. The number of ether oxygens (including phenoxy) is 11. The van der Waals surface area contributed by atoms with Crippen LogP contribution >= 0.6 is 0 Å². The van der Waals surface area contributed by atoms with Crippen molar-refractivity contribution in [2.24, 2.45) is 33.5 Å². The van der Waals surface area contributed by atoms with Gasteiger partial charge in [-0.2, -0.15) is 0 Å². The number of carbonyl (C=O) groups excluding carboxylic acids is 1. The first-order valence-electron chi connectivity index (χ1n) is 28.6. The number of fused-ring (bicyclic) bond motifs is 4. The maximum atomic E-state index is 14.7. The molecule has 1 spiro atoms. The molecule has 4 aliphatic carbocycles. The van der Waals surface area contributed by atoms with Gasteiger partial charge in [0.25, 0.3) is 0 Å². The standard InChI is InChI=1S/C54H86O27S.Na/c1-22-39(76-45-38(64)41(33(59)26(20-56)74-45)77-44-37(63)40(70-9)32(58)25(19-55)73-44)35(61)36(62)43(72-22)78-42-34(60)27(81-82(67,68)69)21-71-46(42)75-30-13-15-50(6)24-18-29(57)54-47(65)80-52(8,31-12-14-48(2,3)79-31)53(54,66)17-16-51(54,7)23(24)10-11-28(50)49(30,4)5;/h18,22-23,25-46,55-64,66H,10-17,19-21H2,1-9H3,(H,67,68,69);/q;+1/p-1/t22?,23-,25?,26?,27-,28?,29+,30+,31?,32-,33-,34?,35?,36?,37?,38?,39-,40?,41?,42?,43+,44+,45+,46+,50-,51+,52+,53+,54?;/m1./s1. The van der Waals surface area contributed by atoms with Crippen molar-refractivity contribution in [2.45, 2.75) is 259 Å². The van der Waals surface area contributed by atoms with Gasteiger partial charge < -0.3 is 113 Å². The van der Waals surface area contributed by atoms with Crippen LogP contribution in [-0.4, -0.2) is 254 Å². The van der Waals surface area contributed by atoms with Crippen molar-refractivity contribution < 1.29 is 160 Å². The van der Waals surface area contributed by atoms with Gasteiger partial charge in [-0.1, -0.05) is 39.3 Å². The smallest absolute Gasteiger partial charge is 0.726 e. The molecule has 0 radical (unpaired) electrons. The Morgan fingerprint density at radius 1 is 0.675 bits per heavy atom. The van der Waals surface area contributed by atoms with Crippen LogP contribution in [0, 0.1) is 33.5 Å². The molecule has 6 aliphatic heterocycles. The average molecular weight is 1220 g/mol. The zero-order valence-electron chi connectivity index (χ0n) is 48.6. The van der Waals surface area contributed by atoms with Crippen molar-refractivity contribution >= 4 is 16.4 Å². The predicted molar refractivity (Wildman–Crippen MR) is 271 cm³/mol. The molecule has 0 amide bonds. The molecule has 0 aromatic heterocycles. The van der Waals surface area contributed by atoms with Gasteiger partial charge in [-0.05, 0) is 107 Å². The van der Waals surface area contributed by atoms with Gasteiger partial charge in [0.2, 0.25) is 10.4 Å². The normalized spacial score (nSPS) is 53.0. The maximum Gasteiger partial charge on any atom is 1.00 e. The van der Waals surface area contributed by atoms with Gasteiger partial charge in [0, 0.05) is 7.11 Å². The average Bonchev–Trinajstić information content (AvgIpc) is 1.51. The minimum atomic E-state index is -5.44. The zero-order valence-corrected chi connectivity index (χ0v) is 51.4. The molecule has 0 aromatic rings. The Morgan fingerprint density at radius 3 is 1.86 bits per heavy atom. The molecule has 83 heavy (non-hydrogen) atoms. The van der Waals surface area contributed by atoms with E-state index in [9.17, 15) is 73.9 Å². The Balaban J connectivity index is 0.00000828. The molecular weight excluding hydrogens is 1140 g/mol. The van der Waals surface area contributed by atoms with Gasteiger partial charge in [0.05, 0.1) is 43.7 Å². The van der Waals surface area contributed by atoms with Crippen LogP contribution in [-0.2, 0) is 71.5 Å². The van der Waals surface area contributed by atoms with Crippen LogP contribution in [0.25, 0.3) is 0 Å². The van der Waals surface area contributed by atoms with Crippen molar-refractivity contribution in [1.29, 1.82) is 0 Å². The summed E-state index contributed by atoms with van der Waals surface area (Å²) in [4.78, 5) is 14.7. The molecule has 27 nitrogen and oxygen atoms in total. The van der Waals surface area contributed by atoms with Gasteiger partial charge in [-0.3, -0.25) is 8.98 Å². The SMILES string of the molecule is COC1C(O)[C@H](OC2C(O)[C@H](O[C@@H]3C(C)O[C@@H](OC4C(O)[C@H](OS(=O)(=O)[O-])CO[C@H]4O[C@H]4CC[C@]5(C)C6=C[C@H](O)C78C(=O)O[C@@](C)(C9CCC(C)(C)O9)[C@@]7(O)CC[C@@]8(C)[C@@H]6CCC5C4(C)C)C(O)C3O)OC(CO)[C@H]2O)OC(CO)[C@H]1O.[Na+]. The second-order valence-corrected chi connectivity index (χ2v) is 27.5. The van der Waals surface area contributed by atoms with Gasteiger partial charge in [-0.25, -0.2) is 8.42 Å². The van der Waals surface area contributed by atoms with Gasteiger partial charge in [0.1, 0.15) is 103 Å². The van der Waals surface area contributed by atoms with Crippen LogP contribution in [0.5, 0.6) is 0 Å². The minimum absolute atomic E-state index is 0. The molecule has 0 bridgehead atoms. The first-order valence-corrected chi connectivity index (χ1v) is 29.9. The van der Waals surface area contributed by atoms with E-state index in [1.54, 1.807) is 13.0 Å². The Bertz CT molecular complexity index is 2490. The molecule has 10 aliphatic rings. The Kier molecular flexibility index (Phi) is 18.9. The summed E-state index contributed by atoms with van der Waals surface area (Å²) >= 11 is 0. The number of aliphatic hydroxyl groups excluding tert-OH is 10. The molecule has 29 atom stereocenters. The van der Waals surface area contributed by atoms with E-state index in [1.807, 2.05) is 34.6 Å². The fourth-order valence-electron chi connectivity index (χ4n) is 17.0. The summed E-state index contributed by atoms with van der Waals surface area (Å²) in [6, 6.07) is 0. The van der Waals surface area contributed by atoms with E-state index in [0.717, 1.165) is 5.57 Å². The van der Waals surface area contributed by atoms with Crippen molar-refractivity contribution in [1.82, 2.24) is 0 Å². The molecular formula is C54H85NaO27S. The third kappa shape index (κ3) is 10.5. The molecule has 11 N–H and O–H groups in total. The molecule has 3 saturated carbocycles. The molecule has 6 heterocycles. The maximum absolute atomic E-state index is 14.7. The van der Waals surface area contributed by atoms with E-state index in [0.29, 0.717) is 44.9 Å². The Morgan fingerprint density at radius 2 is 1.27 bits per heavy atom. The van der Waals surface area contributed by atoms with Crippen LogP contribution in [0.2, 0.25) is 0 Å². The van der Waals surface area contributed by atoms with E-state index < -0.39 is 210 Å². The number of hydrogen-bond acceptors (Lipinski definition) is 27. The van der Waals surface area contributed by atoms with Gasteiger partial charge in [0.15, 0.2) is 30.8 Å². The zero-order chi connectivity index (χ0) is 60.0. The Labute approximate surface area is 504 Å². The van der Waals surface area contributed by atoms with Crippen LogP contribution in [0.15, 0.2) is 11.6 Å². The topological polar surface area (TPSA) is 408 Å². The van der Waals surface area contributed by atoms with Crippen molar-refractivity contribution in [2.75, 3.05) is 26.9 Å². The Hall–Kier alpha value is -0.760. The number of hydrogen-bond donors (Lipinski definition) is 11. The largest absolute Gasteiger partial charge is 1.00 e. The fourth-order valence-corrected chi connectivity index (χ4v) is 17.4. The first kappa shape index (κ1) is 66.7. The number of aliphatic hydroxyl groups is 11. The van der Waals surface area contributed by atoms with Gasteiger partial charge >= 0.3 is 35.5 Å². The third-order valence-electron chi connectivity index (χ3n) is 21.4. The van der Waals surface area contributed by atoms with E-state index in [-0.39, 0.29) is 47.8 Å². The summed E-state index contributed by atoms with van der Waals surface area (Å²) in [6.07, 6.45) is -29.4. The summed E-state index contributed by atoms with van der Waals surface area (Å²) in [5.41, 5.74) is -6.53. The van der Waals surface area contributed by atoms with E-state index in [1.165, 1.54) is 14.0 Å². The molecule has 0 aromatic carbocycles. The third-order valence-corrected chi connectivity index (χ3v) is 21.8. The minimum Gasteiger partial charge on any atom is -0.726 e. The van der Waals surface area contributed by atoms with Crippen LogP contribution in [0.1, 0.15) is 107 Å². The van der Waals surface area contributed by atoms with Crippen molar-refractivity contribution in [3.8, 4) is 0 Å². The number of cyclic esters (lactones) is 1. The summed E-state index contributed by atoms with van der Waals surface area (Å²) in [7, 11) is -4.27. The van der Waals surface area contributed by atoms with Crippen LogP contribution in [0.3, 0.4) is 0 Å². The number of allylic oxidation sites excluding steroid dienone is 1. The second kappa shape index (κ2) is 23.5. The van der Waals surface area contributed by atoms with Crippen molar-refractivity contribution in [3.05, 3.63) is 11.6 Å². The molecule has 6 saturated heterocycles. The monoisotopic (exact) mass is 1220 g/mol. The van der Waals surface area contributed by atoms with Crippen LogP contribution in [0.4, 0.5) is 0 Å². The van der Waals surface area contributed by atoms with Crippen molar-refractivity contribution in [3.63, 3.8) is 0 Å². The summed E-state index contributed by atoms with van der Waals surface area (Å²) < 4.78 is 106. The number of rotatable bonds is 14. The molecule has 470 valence electrons. The molecule has 14 unspecified atom stereocenters. The molecule has 29 heteroatoms. The quantitative estimate of drug-likeness (QED) is 0.0193. The van der Waals surface area contributed by atoms with E-state index >= 15 is 0 Å². The first-order chi connectivity index (χ1) is 38.2. The van der Waals surface area contributed by atoms with E-state index in [4.69, 9.17) is 52.1 Å². The summed E-state index contributed by atoms with van der Waals surface area (Å²) in [5.74, 6) is -0.989. The van der Waals surface area contributed by atoms with E-state index in [2.05, 4.69) is 11.1 Å². The fraction of sp³-hybridized carbons (Fsp3) is 0.944. The number of carbonyl (C=O) groups is 1. The summed E-state index contributed by atoms with van der Waals surface area (Å²) in [5, 5.41) is 125. The molecule has 10 rings (SSSR count). The predicted octanol–water partition coefficient (Wildman–Crippen LogP) is -5.60. The number of methoxy groups -OCH3 is 1. The summed E-state index contributed by atoms with van der Waals surface area (Å²) in [6.45, 7) is 13.0. The van der Waals surface area contributed by atoms with Crippen LogP contribution < -0.4 is 29.6 Å². The second-order valence-electron chi connectivity index (χ2n) is 26.5.